The van der Waals surface area contributed by atoms with Crippen LogP contribution in [0.1, 0.15) is 113 Å². The van der Waals surface area contributed by atoms with Crippen LogP contribution in [0.25, 0.3) is 0 Å². The molecule has 0 aromatic heterocycles. The van der Waals surface area contributed by atoms with Crippen molar-refractivity contribution in [3.8, 4) is 0 Å². The maximum Gasteiger partial charge on any atom is 0.407 e. The molecule has 4 atom stereocenters. The number of likely N-dealkylation sites (tertiary alicyclic amines) is 1. The monoisotopic (exact) mass is 746 g/mol. The van der Waals surface area contributed by atoms with Crippen molar-refractivity contribution in [2.45, 2.75) is 144 Å². The zero-order valence-corrected chi connectivity index (χ0v) is 33.8. The molecule has 11 nitrogen and oxygen atoms in total. The van der Waals surface area contributed by atoms with Crippen LogP contribution in [0.5, 0.6) is 0 Å². The molecular formula is C43H62N4O7. The van der Waals surface area contributed by atoms with Crippen molar-refractivity contribution in [2.24, 2.45) is 11.8 Å². The molecule has 0 bridgehead atoms. The number of nitrogens with zero attached hydrogens (tertiary/aromatic N) is 1. The standard InChI is InChI=1S/C43H62N4O7/c1-26(2)24-34(45-43(53)54-28(5)6)22-21-33(25-32-16-11-10-12-17-32)42(52)47-23-15-20-37(47)41(51)46-36(40(50)44-27(3)4)19-14-13-18-35-31(9)38(48)29(7)30(8)39(35)49/h10-12,16-17,21-22,26-28,33-34,36-37H,13-15,18-20,23-25H2,1-9H3,(H,44,50)(H,45,53)(H,46,51)/b22-21+/t33-,34-,36+,37+/m1/s1. The number of rotatable bonds is 18. The van der Waals surface area contributed by atoms with E-state index in [-0.39, 0.29) is 53.4 Å². The number of unbranched alkanes of at least 4 members (excludes halogenated alkanes) is 1. The highest BCUT2D eigenvalue weighted by Crippen LogP contribution is 2.28. The van der Waals surface area contributed by atoms with Crippen molar-refractivity contribution in [1.82, 2.24) is 20.9 Å². The lowest BCUT2D eigenvalue weighted by atomic mass is 9.84. The largest absolute Gasteiger partial charge is 0.447 e. The summed E-state index contributed by atoms with van der Waals surface area (Å²) < 4.78 is 5.32. The van der Waals surface area contributed by atoms with Gasteiger partial charge in [0.15, 0.2) is 11.6 Å². The van der Waals surface area contributed by atoms with Gasteiger partial charge in [0.2, 0.25) is 17.7 Å². The number of nitrogens with one attached hydrogen (secondary N) is 3. The molecule has 3 rings (SSSR count). The van der Waals surface area contributed by atoms with E-state index in [9.17, 15) is 28.8 Å². The van der Waals surface area contributed by atoms with Crippen molar-refractivity contribution in [3.63, 3.8) is 0 Å². The summed E-state index contributed by atoms with van der Waals surface area (Å²) >= 11 is 0. The lowest BCUT2D eigenvalue weighted by Crippen LogP contribution is -2.54. The van der Waals surface area contributed by atoms with Crippen LogP contribution in [-0.4, -0.2) is 77.1 Å². The fourth-order valence-corrected chi connectivity index (χ4v) is 7.01. The Balaban J connectivity index is 1.78. The molecule has 4 amide bonds. The number of carbonyl (C=O) groups is 6. The minimum Gasteiger partial charge on any atom is -0.447 e. The first-order valence-electron chi connectivity index (χ1n) is 19.6. The van der Waals surface area contributed by atoms with Gasteiger partial charge in [-0.3, -0.25) is 24.0 Å². The summed E-state index contributed by atoms with van der Waals surface area (Å²) in [6, 6.07) is 7.58. The van der Waals surface area contributed by atoms with Crippen molar-refractivity contribution in [3.05, 3.63) is 70.3 Å². The van der Waals surface area contributed by atoms with Gasteiger partial charge < -0.3 is 25.6 Å². The number of carbonyl (C=O) groups excluding carboxylic acids is 6. The molecule has 1 fully saturated rings. The predicted molar refractivity (Wildman–Crippen MR) is 210 cm³/mol. The van der Waals surface area contributed by atoms with E-state index in [4.69, 9.17) is 4.74 Å². The molecule has 54 heavy (non-hydrogen) atoms. The average molecular weight is 747 g/mol. The minimum atomic E-state index is -0.839. The Morgan fingerprint density at radius 2 is 1.52 bits per heavy atom. The number of Topliss-reactive ketones (excluding diaryl/α,β-unsaturated/α-hetero) is 2. The summed E-state index contributed by atoms with van der Waals surface area (Å²) in [4.78, 5) is 81.3. The topological polar surface area (TPSA) is 151 Å². The van der Waals surface area contributed by atoms with Gasteiger partial charge in [-0.15, -0.1) is 0 Å². The maximum absolute atomic E-state index is 14.4. The van der Waals surface area contributed by atoms with Crippen LogP contribution in [0.4, 0.5) is 4.79 Å². The number of allylic oxidation sites excluding steroid dienone is 4. The normalized spacial score (nSPS) is 18.1. The lowest BCUT2D eigenvalue weighted by molar-refractivity contribution is -0.141. The minimum absolute atomic E-state index is 0.112. The molecule has 296 valence electrons. The first-order valence-corrected chi connectivity index (χ1v) is 19.6. The van der Waals surface area contributed by atoms with Gasteiger partial charge >= 0.3 is 6.09 Å². The van der Waals surface area contributed by atoms with Crippen molar-refractivity contribution in [2.75, 3.05) is 6.54 Å². The van der Waals surface area contributed by atoms with Crippen LogP contribution in [0, 0.1) is 11.8 Å². The zero-order chi connectivity index (χ0) is 40.1. The van der Waals surface area contributed by atoms with Crippen LogP contribution in [0.3, 0.4) is 0 Å². The second kappa shape index (κ2) is 20.8. The second-order valence-corrected chi connectivity index (χ2v) is 15.7. The molecule has 1 saturated heterocycles. The SMILES string of the molecule is CC1=C(C)C(=O)C(CCCC[C@H](NC(=O)[C@@H]2CCCN2C(=O)[C@H](/C=C/[C@H](CC(C)C)NC(=O)OC(C)C)Cc2ccccc2)C(=O)NC(C)C)=C(C)C1=O. The van der Waals surface area contributed by atoms with Crippen molar-refractivity contribution < 1.29 is 33.5 Å². The molecule has 1 aromatic rings. The van der Waals surface area contributed by atoms with Crippen LogP contribution < -0.4 is 16.0 Å². The second-order valence-electron chi connectivity index (χ2n) is 15.7. The third kappa shape index (κ3) is 12.8. The fourth-order valence-electron chi connectivity index (χ4n) is 7.01. The van der Waals surface area contributed by atoms with Gasteiger partial charge in [0.05, 0.1) is 18.1 Å². The number of hydrogen-bond acceptors (Lipinski definition) is 7. The average Bonchev–Trinajstić information content (AvgIpc) is 3.60. The number of ether oxygens (including phenoxy) is 1. The maximum atomic E-state index is 14.4. The van der Waals surface area contributed by atoms with E-state index in [0.717, 1.165) is 5.56 Å². The van der Waals surface area contributed by atoms with E-state index in [1.807, 2.05) is 56.3 Å². The number of benzene rings is 1. The third-order valence-electron chi connectivity index (χ3n) is 9.95. The number of alkyl carbamates (subject to hydrolysis) is 1. The van der Waals surface area contributed by atoms with Crippen LogP contribution in [-0.2, 0) is 35.1 Å². The summed E-state index contributed by atoms with van der Waals surface area (Å²) in [6.07, 6.45) is 6.88. The predicted octanol–water partition coefficient (Wildman–Crippen LogP) is 6.32. The molecule has 1 aromatic carbocycles. The number of ketones is 2. The van der Waals surface area contributed by atoms with Gasteiger partial charge in [-0.05, 0) is 105 Å². The van der Waals surface area contributed by atoms with Crippen LogP contribution in [0.15, 0.2) is 64.8 Å². The molecule has 0 spiro atoms. The van der Waals surface area contributed by atoms with Gasteiger partial charge in [0.25, 0.3) is 0 Å². The Morgan fingerprint density at radius 1 is 0.852 bits per heavy atom. The summed E-state index contributed by atoms with van der Waals surface area (Å²) in [7, 11) is 0. The van der Waals surface area contributed by atoms with E-state index in [0.29, 0.717) is 80.2 Å². The van der Waals surface area contributed by atoms with E-state index in [1.165, 1.54) is 0 Å². The molecule has 0 radical (unpaired) electrons. The lowest BCUT2D eigenvalue weighted by Gasteiger charge is -2.29. The summed E-state index contributed by atoms with van der Waals surface area (Å²) in [6.45, 7) is 16.8. The molecule has 1 aliphatic carbocycles. The van der Waals surface area contributed by atoms with E-state index in [2.05, 4.69) is 29.8 Å². The van der Waals surface area contributed by atoms with E-state index >= 15 is 0 Å². The fraction of sp³-hybridized carbons (Fsp3) is 0.581. The van der Waals surface area contributed by atoms with Gasteiger partial charge in [-0.1, -0.05) is 62.8 Å². The summed E-state index contributed by atoms with van der Waals surface area (Å²) in [5.41, 5.74) is 2.89. The highest BCUT2D eigenvalue weighted by molar-refractivity contribution is 6.24. The Bertz CT molecular complexity index is 1610. The molecule has 0 unspecified atom stereocenters. The zero-order valence-electron chi connectivity index (χ0n) is 33.8. The van der Waals surface area contributed by atoms with Gasteiger partial charge in [0.1, 0.15) is 12.1 Å². The molecule has 2 aliphatic rings. The highest BCUT2D eigenvalue weighted by Gasteiger charge is 2.38. The van der Waals surface area contributed by atoms with E-state index in [1.54, 1.807) is 39.5 Å². The molecular weight excluding hydrogens is 684 g/mol. The molecule has 1 aliphatic heterocycles. The van der Waals surface area contributed by atoms with Crippen LogP contribution >= 0.6 is 0 Å². The summed E-state index contributed by atoms with van der Waals surface area (Å²) in [5, 5.41) is 8.78. The van der Waals surface area contributed by atoms with Crippen LogP contribution in [0.2, 0.25) is 0 Å². The van der Waals surface area contributed by atoms with Crippen molar-refractivity contribution in [1.29, 1.82) is 0 Å². The molecule has 3 N–H and O–H groups in total. The molecule has 1 heterocycles. The Hall–Kier alpha value is -4.54. The number of amides is 4. The Morgan fingerprint density at radius 3 is 2.15 bits per heavy atom. The van der Waals surface area contributed by atoms with Crippen molar-refractivity contribution >= 4 is 35.4 Å². The summed E-state index contributed by atoms with van der Waals surface area (Å²) in [5.74, 6) is -1.46. The van der Waals surface area contributed by atoms with Gasteiger partial charge in [0, 0.05) is 34.9 Å². The third-order valence-corrected chi connectivity index (χ3v) is 9.95. The molecule has 0 saturated carbocycles. The Kier molecular flexibility index (Phi) is 16.9. The highest BCUT2D eigenvalue weighted by atomic mass is 16.6. The van der Waals surface area contributed by atoms with E-state index < -0.39 is 24.1 Å². The van der Waals surface area contributed by atoms with Gasteiger partial charge in [-0.25, -0.2) is 4.79 Å². The quantitative estimate of drug-likeness (QED) is 0.0905. The first kappa shape index (κ1) is 43.9. The first-order chi connectivity index (χ1) is 25.5. The molecule has 11 heteroatoms. The smallest absolute Gasteiger partial charge is 0.407 e. The Labute approximate surface area is 321 Å². The number of hydrogen-bond donors (Lipinski definition) is 3. The van der Waals surface area contributed by atoms with Gasteiger partial charge in [-0.2, -0.15) is 0 Å².